The van der Waals surface area contributed by atoms with E-state index in [9.17, 15) is 27.9 Å². The van der Waals surface area contributed by atoms with E-state index in [4.69, 9.17) is 0 Å². The van der Waals surface area contributed by atoms with Gasteiger partial charge in [0, 0.05) is 29.8 Å². The van der Waals surface area contributed by atoms with Crippen molar-refractivity contribution in [3.05, 3.63) is 59.2 Å². The number of amides is 1. The van der Waals surface area contributed by atoms with E-state index in [2.05, 4.69) is 0 Å². The van der Waals surface area contributed by atoms with Crippen LogP contribution in [0.15, 0.2) is 52.3 Å². The van der Waals surface area contributed by atoms with Gasteiger partial charge in [-0.1, -0.05) is 12.1 Å². The van der Waals surface area contributed by atoms with Crippen molar-refractivity contribution in [1.29, 1.82) is 0 Å². The van der Waals surface area contributed by atoms with E-state index in [1.54, 1.807) is 19.1 Å². The number of hydrogen-bond donors (Lipinski definition) is 1. The van der Waals surface area contributed by atoms with Crippen LogP contribution in [0.3, 0.4) is 0 Å². The molecule has 144 valence electrons. The summed E-state index contributed by atoms with van der Waals surface area (Å²) in [7, 11) is -3.94. The largest absolute Gasteiger partial charge is 0.481 e. The number of sulfone groups is 1. The van der Waals surface area contributed by atoms with Crippen molar-refractivity contribution < 1.29 is 27.9 Å². The van der Waals surface area contributed by atoms with Crippen LogP contribution in [0.1, 0.15) is 39.6 Å². The van der Waals surface area contributed by atoms with E-state index < -0.39 is 32.9 Å². The molecule has 28 heavy (non-hydrogen) atoms. The van der Waals surface area contributed by atoms with E-state index in [0.717, 1.165) is 0 Å². The Labute approximate surface area is 161 Å². The Morgan fingerprint density at radius 1 is 1.07 bits per heavy atom. The van der Waals surface area contributed by atoms with Crippen LogP contribution in [0.4, 0.5) is 0 Å². The van der Waals surface area contributed by atoms with Gasteiger partial charge in [-0.2, -0.15) is 0 Å². The Balaban J connectivity index is 1.74. The highest BCUT2D eigenvalue weighted by Crippen LogP contribution is 2.36. The van der Waals surface area contributed by atoms with Gasteiger partial charge >= 0.3 is 5.97 Å². The Bertz CT molecular complexity index is 1150. The highest BCUT2D eigenvalue weighted by molar-refractivity contribution is 7.91. The summed E-state index contributed by atoms with van der Waals surface area (Å²) in [6.07, 6.45) is 0.323. The first kappa shape index (κ1) is 18.4. The molecule has 0 saturated carbocycles. The molecule has 1 unspecified atom stereocenters. The van der Waals surface area contributed by atoms with Crippen molar-refractivity contribution in [2.45, 2.75) is 23.1 Å². The van der Waals surface area contributed by atoms with Crippen molar-refractivity contribution >= 4 is 27.5 Å². The molecule has 1 atom stereocenters. The second-order valence-electron chi connectivity index (χ2n) is 7.38. The molecule has 4 rings (SSSR count). The summed E-state index contributed by atoms with van der Waals surface area (Å²) in [6.45, 7) is 1.90. The minimum absolute atomic E-state index is 0.0343. The third kappa shape index (κ3) is 2.56. The van der Waals surface area contributed by atoms with Crippen LogP contribution in [0.2, 0.25) is 0 Å². The van der Waals surface area contributed by atoms with Gasteiger partial charge in [0.1, 0.15) is 0 Å². The first-order chi connectivity index (χ1) is 13.1. The van der Waals surface area contributed by atoms with Gasteiger partial charge in [-0.05, 0) is 43.7 Å². The number of benzene rings is 2. The molecular formula is C20H17NO6S. The maximum atomic E-state index is 13.0. The zero-order chi connectivity index (χ0) is 20.3. The van der Waals surface area contributed by atoms with Gasteiger partial charge in [0.15, 0.2) is 5.78 Å². The molecule has 0 aliphatic carbocycles. The Morgan fingerprint density at radius 2 is 1.75 bits per heavy atom. The average molecular weight is 399 g/mol. The number of nitrogens with zero attached hydrogens (tertiary/aromatic N) is 1. The molecule has 2 heterocycles. The molecule has 0 aromatic heterocycles. The molecule has 2 aromatic carbocycles. The van der Waals surface area contributed by atoms with Crippen molar-refractivity contribution in [3.63, 3.8) is 0 Å². The summed E-state index contributed by atoms with van der Waals surface area (Å²) >= 11 is 0. The van der Waals surface area contributed by atoms with Crippen LogP contribution in [0.25, 0.3) is 0 Å². The maximum absolute atomic E-state index is 13.0. The Morgan fingerprint density at radius 3 is 2.43 bits per heavy atom. The van der Waals surface area contributed by atoms with Crippen LogP contribution in [0.5, 0.6) is 0 Å². The maximum Gasteiger partial charge on any atom is 0.311 e. The van der Waals surface area contributed by atoms with Crippen LogP contribution in [-0.2, 0) is 14.6 Å². The zero-order valence-corrected chi connectivity index (χ0v) is 15.8. The van der Waals surface area contributed by atoms with E-state index >= 15 is 0 Å². The average Bonchev–Trinajstić information content (AvgIpc) is 3.09. The van der Waals surface area contributed by atoms with E-state index in [1.807, 2.05) is 0 Å². The number of carbonyl (C=O) groups excluding carboxylic acids is 2. The van der Waals surface area contributed by atoms with Crippen LogP contribution < -0.4 is 0 Å². The molecule has 1 amide bonds. The van der Waals surface area contributed by atoms with E-state index in [0.29, 0.717) is 6.42 Å². The first-order valence-electron chi connectivity index (χ1n) is 8.71. The summed E-state index contributed by atoms with van der Waals surface area (Å²) in [6, 6.07) is 9.97. The lowest BCUT2D eigenvalue weighted by atomic mass is 9.90. The zero-order valence-electron chi connectivity index (χ0n) is 15.0. The second-order valence-corrected chi connectivity index (χ2v) is 9.27. The molecule has 0 spiro atoms. The van der Waals surface area contributed by atoms with Crippen molar-refractivity contribution in [2.24, 2.45) is 5.41 Å². The predicted molar refractivity (Wildman–Crippen MR) is 98.0 cm³/mol. The summed E-state index contributed by atoms with van der Waals surface area (Å²) in [5.41, 5.74) is -0.757. The summed E-state index contributed by atoms with van der Waals surface area (Å²) in [5.74, 6) is -1.83. The topological polar surface area (TPSA) is 109 Å². The number of ketones is 1. The molecule has 2 aromatic rings. The number of carbonyl (C=O) groups is 3. The number of aliphatic carboxylic acids is 1. The fourth-order valence-corrected chi connectivity index (χ4v) is 5.39. The highest BCUT2D eigenvalue weighted by atomic mass is 32.2. The minimum atomic E-state index is -3.94. The van der Waals surface area contributed by atoms with Crippen LogP contribution in [-0.4, -0.2) is 49.2 Å². The number of carboxylic acid groups (broad SMARTS) is 1. The van der Waals surface area contributed by atoms with E-state index in [-0.39, 0.29) is 39.6 Å². The number of fused-ring (bicyclic) bond motifs is 2. The predicted octanol–water partition coefficient (Wildman–Crippen LogP) is 2.00. The first-order valence-corrected chi connectivity index (χ1v) is 10.2. The van der Waals surface area contributed by atoms with Gasteiger partial charge in [0.2, 0.25) is 9.84 Å². The Hall–Kier alpha value is -3.00. The number of carboxylic acids is 1. The smallest absolute Gasteiger partial charge is 0.311 e. The van der Waals surface area contributed by atoms with Crippen molar-refractivity contribution in [3.8, 4) is 0 Å². The number of likely N-dealkylation sites (tertiary alicyclic amines) is 1. The van der Waals surface area contributed by atoms with Gasteiger partial charge in [-0.15, -0.1) is 0 Å². The lowest BCUT2D eigenvalue weighted by molar-refractivity contribution is -0.147. The monoisotopic (exact) mass is 399 g/mol. The third-order valence-electron chi connectivity index (χ3n) is 5.46. The summed E-state index contributed by atoms with van der Waals surface area (Å²) in [5, 5.41) is 9.34. The fourth-order valence-electron chi connectivity index (χ4n) is 3.71. The summed E-state index contributed by atoms with van der Waals surface area (Å²) in [4.78, 5) is 38.0. The Kier molecular flexibility index (Phi) is 3.94. The van der Waals surface area contributed by atoms with Crippen LogP contribution in [0, 0.1) is 5.41 Å². The van der Waals surface area contributed by atoms with Gasteiger partial charge in [-0.25, -0.2) is 8.42 Å². The molecule has 2 aliphatic rings. The second kappa shape index (κ2) is 6.00. The summed E-state index contributed by atoms with van der Waals surface area (Å²) < 4.78 is 25.9. The van der Waals surface area contributed by atoms with Gasteiger partial charge in [-0.3, -0.25) is 14.4 Å². The van der Waals surface area contributed by atoms with Gasteiger partial charge < -0.3 is 10.0 Å². The quantitative estimate of drug-likeness (QED) is 0.706. The minimum Gasteiger partial charge on any atom is -0.481 e. The fraction of sp³-hybridized carbons (Fsp3) is 0.250. The van der Waals surface area contributed by atoms with Gasteiger partial charge in [0.05, 0.1) is 15.2 Å². The molecule has 2 aliphatic heterocycles. The number of hydrogen-bond acceptors (Lipinski definition) is 5. The standard InChI is InChI=1S/C20H17NO6S/c1-20(19(24)25)8-9-21(11-20)18(23)12-6-7-14-16(10-12)28(26,27)15-5-3-2-4-13(15)17(14)22/h2-7,10H,8-9,11H2,1H3,(H,24,25). The molecule has 0 radical (unpaired) electrons. The molecule has 0 bridgehead atoms. The normalized spacial score (nSPS) is 22.5. The molecule has 1 fully saturated rings. The highest BCUT2D eigenvalue weighted by Gasteiger charge is 2.43. The molecular weight excluding hydrogens is 382 g/mol. The van der Waals surface area contributed by atoms with Crippen LogP contribution >= 0.6 is 0 Å². The third-order valence-corrected chi connectivity index (χ3v) is 7.31. The van der Waals surface area contributed by atoms with E-state index in [1.165, 1.54) is 35.2 Å². The lowest BCUT2D eigenvalue weighted by Gasteiger charge is -2.22. The lowest BCUT2D eigenvalue weighted by Crippen LogP contribution is -2.35. The van der Waals surface area contributed by atoms with Crippen molar-refractivity contribution in [2.75, 3.05) is 13.1 Å². The molecule has 1 saturated heterocycles. The van der Waals surface area contributed by atoms with Crippen molar-refractivity contribution in [1.82, 2.24) is 4.90 Å². The molecule has 1 N–H and O–H groups in total. The SMILES string of the molecule is CC1(C(=O)O)CCN(C(=O)c2ccc3c(c2)S(=O)(=O)c2ccccc2C3=O)C1. The number of rotatable bonds is 2. The molecule has 8 heteroatoms. The molecule has 7 nitrogen and oxygen atoms in total. The van der Waals surface area contributed by atoms with Gasteiger partial charge in [0.25, 0.3) is 5.91 Å².